The number of nitrogens with zero attached hydrogens (tertiary/aromatic N) is 3. The van der Waals surface area contributed by atoms with Crippen LogP contribution in [0.1, 0.15) is 17.8 Å². The average Bonchev–Trinajstić information content (AvgIpc) is 2.93. The summed E-state index contributed by atoms with van der Waals surface area (Å²) in [5, 5.41) is 17.0. The van der Waals surface area contributed by atoms with Crippen LogP contribution in [0.3, 0.4) is 0 Å². The molecule has 0 aliphatic rings. The van der Waals surface area contributed by atoms with Gasteiger partial charge in [-0.1, -0.05) is 23.4 Å². The van der Waals surface area contributed by atoms with E-state index in [1.165, 1.54) is 11.3 Å². The van der Waals surface area contributed by atoms with Crippen LogP contribution < -0.4 is 0 Å². The minimum absolute atomic E-state index is 0.0311. The molecular formula is C10H10ClN3O2S2. The number of aromatic nitrogens is 3. The summed E-state index contributed by atoms with van der Waals surface area (Å²) in [5.74, 6) is -0.905. The van der Waals surface area contributed by atoms with Crippen LogP contribution in [0.5, 0.6) is 0 Å². The number of halogens is 1. The van der Waals surface area contributed by atoms with Gasteiger partial charge in [-0.15, -0.1) is 21.5 Å². The van der Waals surface area contributed by atoms with E-state index >= 15 is 0 Å². The van der Waals surface area contributed by atoms with Crippen molar-refractivity contribution in [1.82, 2.24) is 14.8 Å². The third-order valence-electron chi connectivity index (χ3n) is 2.29. The lowest BCUT2D eigenvalue weighted by atomic mass is 10.3. The fraction of sp³-hybridized carbons (Fsp3) is 0.300. The van der Waals surface area contributed by atoms with Gasteiger partial charge in [-0.05, 0) is 19.1 Å². The van der Waals surface area contributed by atoms with Gasteiger partial charge in [0.2, 0.25) is 0 Å². The Hall–Kier alpha value is -1.05. The van der Waals surface area contributed by atoms with Crippen molar-refractivity contribution in [2.24, 2.45) is 0 Å². The zero-order valence-corrected chi connectivity index (χ0v) is 11.8. The van der Waals surface area contributed by atoms with E-state index in [2.05, 4.69) is 10.2 Å². The van der Waals surface area contributed by atoms with Crippen molar-refractivity contribution >= 4 is 40.7 Å². The number of carboxylic acid groups (broad SMARTS) is 1. The summed E-state index contributed by atoms with van der Waals surface area (Å²) < 4.78 is 2.57. The Bertz CT molecular complexity index is 555. The number of hydrogen-bond acceptors (Lipinski definition) is 5. The van der Waals surface area contributed by atoms with Crippen LogP contribution in [-0.4, -0.2) is 31.6 Å². The van der Waals surface area contributed by atoms with Crippen molar-refractivity contribution in [2.45, 2.75) is 18.1 Å². The second-order valence-corrected chi connectivity index (χ2v) is 6.21. The molecule has 0 aliphatic heterocycles. The third kappa shape index (κ3) is 3.04. The minimum atomic E-state index is -0.874. The monoisotopic (exact) mass is 303 g/mol. The molecule has 0 saturated carbocycles. The molecule has 0 spiro atoms. The molecule has 0 bridgehead atoms. The van der Waals surface area contributed by atoms with E-state index in [9.17, 15) is 4.79 Å². The Morgan fingerprint density at radius 1 is 1.67 bits per heavy atom. The van der Waals surface area contributed by atoms with Crippen LogP contribution in [-0.2, 0) is 4.79 Å². The quantitative estimate of drug-likeness (QED) is 0.860. The van der Waals surface area contributed by atoms with Crippen LogP contribution in [0.25, 0.3) is 0 Å². The molecule has 0 amide bonds. The highest BCUT2D eigenvalue weighted by molar-refractivity contribution is 7.99. The van der Waals surface area contributed by atoms with Crippen LogP contribution >= 0.6 is 34.7 Å². The van der Waals surface area contributed by atoms with E-state index in [1.807, 2.05) is 23.6 Å². The molecule has 96 valence electrons. The maximum atomic E-state index is 10.6. The van der Waals surface area contributed by atoms with E-state index < -0.39 is 5.97 Å². The fourth-order valence-corrected chi connectivity index (χ4v) is 3.24. The molecule has 5 nitrogen and oxygen atoms in total. The van der Waals surface area contributed by atoms with Crippen molar-refractivity contribution in [2.75, 3.05) is 5.75 Å². The summed E-state index contributed by atoms with van der Waals surface area (Å²) in [6.07, 6.45) is 1.60. The smallest absolute Gasteiger partial charge is 0.313 e. The lowest BCUT2D eigenvalue weighted by Crippen LogP contribution is -2.07. The van der Waals surface area contributed by atoms with E-state index in [0.29, 0.717) is 5.16 Å². The van der Waals surface area contributed by atoms with Gasteiger partial charge < -0.3 is 9.67 Å². The van der Waals surface area contributed by atoms with Crippen molar-refractivity contribution in [1.29, 1.82) is 0 Å². The second kappa shape index (κ2) is 5.73. The van der Waals surface area contributed by atoms with Crippen molar-refractivity contribution in [3.8, 4) is 0 Å². The highest BCUT2D eigenvalue weighted by Gasteiger charge is 2.16. The van der Waals surface area contributed by atoms with Crippen molar-refractivity contribution < 1.29 is 9.90 Å². The van der Waals surface area contributed by atoms with Gasteiger partial charge in [0.25, 0.3) is 0 Å². The molecule has 2 rings (SSSR count). The summed E-state index contributed by atoms with van der Waals surface area (Å²) in [6.45, 7) is 2.00. The molecule has 0 radical (unpaired) electrons. The van der Waals surface area contributed by atoms with Crippen molar-refractivity contribution in [3.63, 3.8) is 0 Å². The first-order valence-corrected chi connectivity index (χ1v) is 7.25. The number of carboxylic acids is 1. The Morgan fingerprint density at radius 3 is 3.06 bits per heavy atom. The number of thioether (sulfide) groups is 1. The van der Waals surface area contributed by atoms with Crippen LogP contribution in [0, 0.1) is 0 Å². The zero-order chi connectivity index (χ0) is 13.1. The molecule has 1 atom stereocenters. The largest absolute Gasteiger partial charge is 0.481 e. The Balaban J connectivity index is 2.17. The third-order valence-corrected chi connectivity index (χ3v) is 4.63. The Kier molecular flexibility index (Phi) is 4.26. The summed E-state index contributed by atoms with van der Waals surface area (Å²) in [6, 6.07) is 3.82. The van der Waals surface area contributed by atoms with Gasteiger partial charge in [0.05, 0.1) is 16.1 Å². The molecule has 2 heterocycles. The maximum absolute atomic E-state index is 10.6. The predicted molar refractivity (Wildman–Crippen MR) is 71.5 cm³/mol. The molecule has 0 fully saturated rings. The molecule has 8 heteroatoms. The lowest BCUT2D eigenvalue weighted by Gasteiger charge is -2.12. The van der Waals surface area contributed by atoms with E-state index in [-0.39, 0.29) is 11.8 Å². The highest BCUT2D eigenvalue weighted by Crippen LogP contribution is 2.31. The SMILES string of the molecule is CC(c1ccc(Cl)s1)n1cnnc1SCC(=O)O. The molecule has 0 aromatic carbocycles. The van der Waals surface area contributed by atoms with Gasteiger partial charge in [0.1, 0.15) is 6.33 Å². The van der Waals surface area contributed by atoms with Gasteiger partial charge in [0, 0.05) is 4.88 Å². The summed E-state index contributed by atoms with van der Waals surface area (Å²) >= 11 is 8.55. The van der Waals surface area contributed by atoms with Gasteiger partial charge in [-0.25, -0.2) is 0 Å². The van der Waals surface area contributed by atoms with E-state index in [4.69, 9.17) is 16.7 Å². The molecule has 1 N–H and O–H groups in total. The fourth-order valence-electron chi connectivity index (χ4n) is 1.42. The number of rotatable bonds is 5. The van der Waals surface area contributed by atoms with Crippen LogP contribution in [0.15, 0.2) is 23.6 Å². The molecule has 2 aromatic rings. The van der Waals surface area contributed by atoms with Gasteiger partial charge >= 0.3 is 5.97 Å². The van der Waals surface area contributed by atoms with Crippen molar-refractivity contribution in [3.05, 3.63) is 27.7 Å². The highest BCUT2D eigenvalue weighted by atomic mass is 35.5. The predicted octanol–water partition coefficient (Wildman–Crippen LogP) is 2.78. The Labute approximate surface area is 117 Å². The number of hydrogen-bond donors (Lipinski definition) is 1. The topological polar surface area (TPSA) is 68.0 Å². The van der Waals surface area contributed by atoms with Crippen LogP contribution in [0.2, 0.25) is 4.34 Å². The summed E-state index contributed by atoms with van der Waals surface area (Å²) in [5.41, 5.74) is 0. The molecule has 0 aliphatic carbocycles. The Morgan fingerprint density at radius 2 is 2.44 bits per heavy atom. The first kappa shape index (κ1) is 13.4. The number of carbonyl (C=O) groups is 1. The molecule has 2 aromatic heterocycles. The summed E-state index contributed by atoms with van der Waals surface area (Å²) in [7, 11) is 0. The van der Waals surface area contributed by atoms with E-state index in [0.717, 1.165) is 21.0 Å². The van der Waals surface area contributed by atoms with Gasteiger partial charge in [-0.3, -0.25) is 4.79 Å². The standard InChI is InChI=1S/C10H10ClN3O2S2/c1-6(7-2-3-8(11)18-7)14-5-12-13-10(14)17-4-9(15)16/h2-3,5-6H,4H2,1H3,(H,15,16). The molecule has 18 heavy (non-hydrogen) atoms. The summed E-state index contributed by atoms with van der Waals surface area (Å²) in [4.78, 5) is 11.6. The first-order valence-electron chi connectivity index (χ1n) is 5.07. The van der Waals surface area contributed by atoms with Crippen LogP contribution in [0.4, 0.5) is 0 Å². The molecule has 0 saturated heterocycles. The lowest BCUT2D eigenvalue weighted by molar-refractivity contribution is -0.133. The molecular weight excluding hydrogens is 294 g/mol. The maximum Gasteiger partial charge on any atom is 0.313 e. The number of thiophene rings is 1. The van der Waals surface area contributed by atoms with Gasteiger partial charge in [0.15, 0.2) is 5.16 Å². The second-order valence-electron chi connectivity index (χ2n) is 3.52. The zero-order valence-electron chi connectivity index (χ0n) is 9.41. The molecule has 1 unspecified atom stereocenters. The number of aliphatic carboxylic acids is 1. The average molecular weight is 304 g/mol. The minimum Gasteiger partial charge on any atom is -0.481 e. The normalized spacial score (nSPS) is 12.6. The van der Waals surface area contributed by atoms with E-state index in [1.54, 1.807) is 6.33 Å². The van der Waals surface area contributed by atoms with Gasteiger partial charge in [-0.2, -0.15) is 0 Å². The first-order chi connectivity index (χ1) is 8.58.